The topological polar surface area (TPSA) is 74.3 Å². The Hall–Kier alpha value is -3.32. The lowest BCUT2D eigenvalue weighted by Gasteiger charge is -2.53. The molecule has 262 valence electrons. The van der Waals surface area contributed by atoms with Crippen molar-refractivity contribution in [2.24, 2.45) is 0 Å². The van der Waals surface area contributed by atoms with E-state index in [1.54, 1.807) is 19.0 Å². The van der Waals surface area contributed by atoms with Crippen molar-refractivity contribution < 1.29 is 27.4 Å². The van der Waals surface area contributed by atoms with E-state index in [1.165, 1.54) is 18.2 Å². The molecule has 0 radical (unpaired) electrons. The van der Waals surface area contributed by atoms with Gasteiger partial charge in [-0.3, -0.25) is 9.80 Å². The number of methoxy groups -OCH3 is 1. The molecular weight excluding hydrogens is 668 g/mol. The maximum atomic E-state index is 13.3. The van der Waals surface area contributed by atoms with Gasteiger partial charge in [0.25, 0.3) is 0 Å². The van der Waals surface area contributed by atoms with E-state index < -0.39 is 12.8 Å². The molecule has 2 aliphatic heterocycles. The van der Waals surface area contributed by atoms with E-state index in [1.807, 2.05) is 41.3 Å². The van der Waals surface area contributed by atoms with E-state index in [9.17, 15) is 18.0 Å². The van der Waals surface area contributed by atoms with E-state index >= 15 is 0 Å². The van der Waals surface area contributed by atoms with Gasteiger partial charge in [-0.25, -0.2) is 4.79 Å². The smallest absolute Gasteiger partial charge is 0.422 e. The summed E-state index contributed by atoms with van der Waals surface area (Å²) in [5.74, 6) is 0.729. The molecule has 48 heavy (non-hydrogen) atoms. The van der Waals surface area contributed by atoms with Crippen molar-refractivity contribution in [2.75, 3.05) is 60.5 Å². The number of carbonyl (C=O) groups excluding carboxylic acids is 1. The second-order valence-electron chi connectivity index (χ2n) is 12.6. The standard InChI is InChI=1S/C34H41F3N6O3.2ClH/c1-40(2)33(44)42-16-17-43-26(19-42)18-41(21-28(43)29(23-10-6-4-7-11-23)24-12-8-5-9-13-24)20-27-31(45-3)38-30(25-14-15-25)39-32(27)46-22-34(35,36)37;;/h4-13,25-26,28-29H,14-22H2,1-3H3;2*1H/t26-,28?;;/m1../s1. The van der Waals surface area contributed by atoms with Crippen LogP contribution in [0.5, 0.6) is 11.8 Å². The van der Waals surface area contributed by atoms with Crippen LogP contribution in [-0.2, 0) is 6.54 Å². The molecule has 1 aliphatic carbocycles. The van der Waals surface area contributed by atoms with Gasteiger partial charge in [-0.15, -0.1) is 24.8 Å². The van der Waals surface area contributed by atoms with Crippen LogP contribution < -0.4 is 9.47 Å². The monoisotopic (exact) mass is 710 g/mol. The number of aromatic nitrogens is 2. The van der Waals surface area contributed by atoms with Crippen LogP contribution in [-0.4, -0.2) is 114 Å². The molecule has 0 bridgehead atoms. The fourth-order valence-corrected chi connectivity index (χ4v) is 6.83. The minimum Gasteiger partial charge on any atom is -0.481 e. The van der Waals surface area contributed by atoms with Crippen molar-refractivity contribution in [1.82, 2.24) is 29.6 Å². The molecule has 2 atom stereocenters. The average Bonchev–Trinajstić information content (AvgIpc) is 3.90. The lowest BCUT2D eigenvalue weighted by molar-refractivity contribution is -0.154. The number of carbonyl (C=O) groups is 1. The molecule has 6 rings (SSSR count). The molecular formula is C34H43Cl2F3N6O3. The first-order chi connectivity index (χ1) is 22.1. The minimum atomic E-state index is -4.52. The van der Waals surface area contributed by atoms with Crippen molar-refractivity contribution in [3.8, 4) is 11.8 Å². The van der Waals surface area contributed by atoms with E-state index in [0.29, 0.717) is 44.1 Å². The van der Waals surface area contributed by atoms with Crippen molar-refractivity contribution in [3.05, 3.63) is 83.2 Å². The Kier molecular flexibility index (Phi) is 12.4. The summed E-state index contributed by atoms with van der Waals surface area (Å²) in [6.07, 6.45) is -2.75. The van der Waals surface area contributed by atoms with Crippen LogP contribution in [0.3, 0.4) is 0 Å². The molecule has 2 amide bonds. The number of alkyl halides is 3. The van der Waals surface area contributed by atoms with Gasteiger partial charge in [-0.2, -0.15) is 23.1 Å². The second kappa shape index (κ2) is 15.9. The normalized spacial score (nSPS) is 19.9. The molecule has 9 nitrogen and oxygen atoms in total. The first-order valence-corrected chi connectivity index (χ1v) is 15.8. The molecule has 1 saturated carbocycles. The Morgan fingerprint density at radius 1 is 0.917 bits per heavy atom. The van der Waals surface area contributed by atoms with Gasteiger partial charge in [0.15, 0.2) is 6.61 Å². The van der Waals surface area contributed by atoms with Gasteiger partial charge in [0.2, 0.25) is 11.8 Å². The average molecular weight is 712 g/mol. The van der Waals surface area contributed by atoms with Crippen LogP contribution in [0.2, 0.25) is 0 Å². The highest BCUT2D eigenvalue weighted by Gasteiger charge is 2.44. The summed E-state index contributed by atoms with van der Waals surface area (Å²) in [4.78, 5) is 30.4. The number of ether oxygens (including phenoxy) is 2. The fraction of sp³-hybridized carbons (Fsp3) is 0.500. The van der Waals surface area contributed by atoms with Crippen LogP contribution in [0.15, 0.2) is 60.7 Å². The Labute approximate surface area is 292 Å². The number of benzene rings is 2. The zero-order valence-corrected chi connectivity index (χ0v) is 28.9. The Balaban J connectivity index is 0.00000260. The van der Waals surface area contributed by atoms with Gasteiger partial charge in [-0.1, -0.05) is 60.7 Å². The summed E-state index contributed by atoms with van der Waals surface area (Å²) in [6, 6.07) is 20.8. The Morgan fingerprint density at radius 2 is 1.52 bits per heavy atom. The van der Waals surface area contributed by atoms with E-state index in [4.69, 9.17) is 9.47 Å². The fourth-order valence-electron chi connectivity index (χ4n) is 6.83. The largest absolute Gasteiger partial charge is 0.481 e. The molecule has 3 fully saturated rings. The highest BCUT2D eigenvalue weighted by atomic mass is 35.5. The third kappa shape index (κ3) is 8.63. The number of hydrogen-bond acceptors (Lipinski definition) is 7. The molecule has 1 unspecified atom stereocenters. The number of hydrogen-bond donors (Lipinski definition) is 0. The molecule has 3 heterocycles. The molecule has 14 heteroatoms. The molecule has 1 aromatic heterocycles. The van der Waals surface area contributed by atoms with E-state index in [2.05, 4.69) is 44.0 Å². The summed E-state index contributed by atoms with van der Waals surface area (Å²) in [6.45, 7) is 1.86. The molecule has 0 spiro atoms. The van der Waals surface area contributed by atoms with E-state index in [0.717, 1.165) is 12.8 Å². The lowest BCUT2D eigenvalue weighted by atomic mass is 9.81. The van der Waals surface area contributed by atoms with Crippen molar-refractivity contribution in [3.63, 3.8) is 0 Å². The summed E-state index contributed by atoms with van der Waals surface area (Å²) in [5, 5.41) is 0. The van der Waals surface area contributed by atoms with Crippen molar-refractivity contribution in [1.29, 1.82) is 0 Å². The van der Waals surface area contributed by atoms with Crippen LogP contribution in [0, 0.1) is 0 Å². The number of amides is 2. The van der Waals surface area contributed by atoms with Crippen LogP contribution >= 0.6 is 24.8 Å². The zero-order valence-electron chi connectivity index (χ0n) is 27.3. The summed E-state index contributed by atoms with van der Waals surface area (Å²) in [7, 11) is 4.99. The predicted molar refractivity (Wildman–Crippen MR) is 182 cm³/mol. The third-order valence-corrected chi connectivity index (χ3v) is 9.06. The number of halogens is 5. The molecule has 0 N–H and O–H groups in total. The Morgan fingerprint density at radius 3 is 2.06 bits per heavy atom. The first-order valence-electron chi connectivity index (χ1n) is 15.8. The van der Waals surface area contributed by atoms with Gasteiger partial charge in [-0.05, 0) is 24.0 Å². The molecule has 2 saturated heterocycles. The van der Waals surface area contributed by atoms with Crippen molar-refractivity contribution in [2.45, 2.75) is 49.5 Å². The number of piperazine rings is 2. The first kappa shape index (κ1) is 37.5. The highest BCUT2D eigenvalue weighted by molar-refractivity contribution is 5.85. The number of urea groups is 1. The van der Waals surface area contributed by atoms with E-state index in [-0.39, 0.29) is 73.1 Å². The maximum absolute atomic E-state index is 13.3. The molecule has 2 aromatic carbocycles. The zero-order chi connectivity index (χ0) is 32.4. The van der Waals surface area contributed by atoms with Gasteiger partial charge >= 0.3 is 12.2 Å². The Bertz CT molecular complexity index is 1460. The van der Waals surface area contributed by atoms with Crippen LogP contribution in [0.25, 0.3) is 0 Å². The minimum absolute atomic E-state index is 0. The summed E-state index contributed by atoms with van der Waals surface area (Å²) < 4.78 is 51.0. The molecule has 3 aromatic rings. The van der Waals surface area contributed by atoms with Crippen LogP contribution in [0.4, 0.5) is 18.0 Å². The summed E-state index contributed by atoms with van der Waals surface area (Å²) in [5.41, 5.74) is 2.75. The number of nitrogens with zero attached hydrogens (tertiary/aromatic N) is 6. The quantitative estimate of drug-likeness (QED) is 0.277. The van der Waals surface area contributed by atoms with Gasteiger partial charge < -0.3 is 19.3 Å². The number of rotatable bonds is 9. The number of fused-ring (bicyclic) bond motifs is 1. The molecule has 3 aliphatic rings. The SMILES string of the molecule is COc1nc(C2CC2)nc(OCC(F)(F)F)c1CN1CC(C(c2ccccc2)c2ccccc2)N2CCN(C(=O)N(C)C)C[C@H]2C1.Cl.Cl. The lowest BCUT2D eigenvalue weighted by Crippen LogP contribution is -2.67. The highest BCUT2D eigenvalue weighted by Crippen LogP contribution is 2.42. The van der Waals surface area contributed by atoms with Gasteiger partial charge in [0.1, 0.15) is 5.82 Å². The predicted octanol–water partition coefficient (Wildman–Crippen LogP) is 5.83. The van der Waals surface area contributed by atoms with Crippen LogP contribution in [0.1, 0.15) is 47.2 Å². The third-order valence-electron chi connectivity index (χ3n) is 9.06. The maximum Gasteiger partial charge on any atom is 0.422 e. The van der Waals surface area contributed by atoms with Gasteiger partial charge in [0.05, 0.1) is 12.7 Å². The van der Waals surface area contributed by atoms with Gasteiger partial charge in [0, 0.05) is 77.3 Å². The summed E-state index contributed by atoms with van der Waals surface area (Å²) >= 11 is 0. The second-order valence-corrected chi connectivity index (χ2v) is 12.6. The van der Waals surface area contributed by atoms with Crippen molar-refractivity contribution >= 4 is 30.8 Å².